The Hall–Kier alpha value is -7.56. The third-order valence-electron chi connectivity index (χ3n) is 13.5. The van der Waals surface area contributed by atoms with Crippen molar-refractivity contribution in [2.75, 3.05) is 0 Å². The topological polar surface area (TPSA) is 35.6 Å². The first kappa shape index (κ1) is 41.2. The Bertz CT molecular complexity index is 3670. The summed E-state index contributed by atoms with van der Waals surface area (Å²) < 4.78 is 4.85. The van der Waals surface area contributed by atoms with Gasteiger partial charge in [-0.15, -0.1) is 0 Å². The normalized spacial score (nSPS) is 12.2. The molecule has 0 saturated carbocycles. The Labute approximate surface area is 387 Å². The van der Waals surface area contributed by atoms with Crippen molar-refractivity contribution >= 4 is 43.6 Å². The zero-order chi connectivity index (χ0) is 45.5. The molecule has 11 aromatic rings. The molecule has 11 rings (SSSR count). The highest BCUT2D eigenvalue weighted by Gasteiger charge is 2.26. The highest BCUT2D eigenvalue weighted by Crippen LogP contribution is 2.43. The van der Waals surface area contributed by atoms with E-state index in [2.05, 4.69) is 240 Å². The SMILES string of the molecule is Cc1ccc2c(c1)c1ccccc1n2-c1ccc(C(C)(C)C)c(-c2ccc(-c3ccc(-c4c(-n5c6ccccc6c6cc(-c7ccccc7)ccc65)cccc4C(C)(C)C)nc3C)cn2)c1. The van der Waals surface area contributed by atoms with Crippen LogP contribution in [0.2, 0.25) is 0 Å². The molecule has 0 fully saturated rings. The molecule has 7 aromatic carbocycles. The lowest BCUT2D eigenvalue weighted by molar-refractivity contribution is 0.591. The monoisotopic (exact) mass is 854 g/mol. The van der Waals surface area contributed by atoms with Gasteiger partial charge in [0.05, 0.1) is 39.1 Å². The second-order valence-corrected chi connectivity index (χ2v) is 20.0. The fraction of sp³-hybridized carbons (Fsp3) is 0.161. The number of aryl methyl sites for hydroxylation is 2. The second-order valence-electron chi connectivity index (χ2n) is 20.0. The van der Waals surface area contributed by atoms with Gasteiger partial charge in [0.25, 0.3) is 0 Å². The zero-order valence-electron chi connectivity index (χ0n) is 39.1. The summed E-state index contributed by atoms with van der Waals surface area (Å²) in [6.45, 7) is 18.0. The van der Waals surface area contributed by atoms with Gasteiger partial charge in [-0.1, -0.05) is 156 Å². The maximum Gasteiger partial charge on any atom is 0.0729 e. The number of rotatable bonds is 6. The zero-order valence-corrected chi connectivity index (χ0v) is 39.1. The predicted molar refractivity (Wildman–Crippen MR) is 279 cm³/mol. The molecule has 0 aliphatic heterocycles. The van der Waals surface area contributed by atoms with Crippen LogP contribution in [0.5, 0.6) is 0 Å². The number of hydrogen-bond donors (Lipinski definition) is 0. The number of aromatic nitrogens is 4. The van der Waals surface area contributed by atoms with Crippen molar-refractivity contribution in [2.45, 2.75) is 66.2 Å². The van der Waals surface area contributed by atoms with E-state index >= 15 is 0 Å². The van der Waals surface area contributed by atoms with E-state index in [4.69, 9.17) is 9.97 Å². The van der Waals surface area contributed by atoms with Gasteiger partial charge in [-0.25, -0.2) is 0 Å². The van der Waals surface area contributed by atoms with Crippen LogP contribution in [-0.4, -0.2) is 19.1 Å². The van der Waals surface area contributed by atoms with Crippen LogP contribution >= 0.6 is 0 Å². The van der Waals surface area contributed by atoms with Crippen LogP contribution in [0.25, 0.3) is 99.8 Å². The molecule has 0 atom stereocenters. The van der Waals surface area contributed by atoms with Crippen molar-refractivity contribution in [3.05, 3.63) is 205 Å². The van der Waals surface area contributed by atoms with Crippen LogP contribution in [0.1, 0.15) is 63.9 Å². The van der Waals surface area contributed by atoms with Crippen LogP contribution in [0.4, 0.5) is 0 Å². The van der Waals surface area contributed by atoms with Gasteiger partial charge in [-0.05, 0) is 114 Å². The summed E-state index contributed by atoms with van der Waals surface area (Å²) in [7, 11) is 0. The lowest BCUT2D eigenvalue weighted by atomic mass is 9.82. The molecule has 0 aliphatic rings. The third kappa shape index (κ3) is 6.91. The molecular formula is C62H54N4. The van der Waals surface area contributed by atoms with E-state index in [1.807, 2.05) is 6.20 Å². The minimum atomic E-state index is -0.137. The Morgan fingerprint density at radius 3 is 1.73 bits per heavy atom. The molecule has 66 heavy (non-hydrogen) atoms. The number of para-hydroxylation sites is 2. The maximum atomic E-state index is 5.46. The fourth-order valence-corrected chi connectivity index (χ4v) is 10.3. The number of fused-ring (bicyclic) bond motifs is 6. The summed E-state index contributed by atoms with van der Waals surface area (Å²) in [4.78, 5) is 10.7. The lowest BCUT2D eigenvalue weighted by Crippen LogP contribution is -2.15. The summed E-state index contributed by atoms with van der Waals surface area (Å²) >= 11 is 0. The van der Waals surface area contributed by atoms with Gasteiger partial charge in [0, 0.05) is 61.4 Å². The Kier molecular flexibility index (Phi) is 9.70. The summed E-state index contributed by atoms with van der Waals surface area (Å²) in [6.07, 6.45) is 2.03. The van der Waals surface area contributed by atoms with Crippen LogP contribution in [0.3, 0.4) is 0 Å². The number of benzene rings is 7. The quantitative estimate of drug-likeness (QED) is 0.167. The molecule has 0 amide bonds. The summed E-state index contributed by atoms with van der Waals surface area (Å²) in [5.74, 6) is 0. The molecule has 0 aliphatic carbocycles. The van der Waals surface area contributed by atoms with Crippen molar-refractivity contribution in [1.82, 2.24) is 19.1 Å². The summed E-state index contributed by atoms with van der Waals surface area (Å²) in [5, 5.41) is 5.00. The molecule has 4 heteroatoms. The smallest absolute Gasteiger partial charge is 0.0729 e. The maximum absolute atomic E-state index is 5.46. The molecule has 0 bridgehead atoms. The van der Waals surface area contributed by atoms with Crippen LogP contribution in [0, 0.1) is 13.8 Å². The number of hydrogen-bond acceptors (Lipinski definition) is 2. The standard InChI is InChI=1S/C62H54N4/c1-39-25-33-57-48(35-39)46-19-12-14-22-55(46)65(57)44-28-30-51(61(3,4)5)50(37-44)53-31-26-43(38-63-53)45-29-32-54(64-40(45)2)60-52(62(6,7)8)21-16-24-59(60)66-56-23-15-13-20-47(56)49-36-42(27-34-58(49)66)41-17-10-9-11-18-41/h9-38H,1-8H3. The van der Waals surface area contributed by atoms with Crippen LogP contribution in [-0.2, 0) is 10.8 Å². The van der Waals surface area contributed by atoms with E-state index in [-0.39, 0.29) is 10.8 Å². The predicted octanol–water partition coefficient (Wildman–Crippen LogP) is 16.6. The molecule has 322 valence electrons. The first-order valence-electron chi connectivity index (χ1n) is 23.2. The Balaban J connectivity index is 1.01. The van der Waals surface area contributed by atoms with Crippen molar-refractivity contribution in [2.24, 2.45) is 0 Å². The van der Waals surface area contributed by atoms with E-state index in [1.165, 1.54) is 71.4 Å². The highest BCUT2D eigenvalue weighted by atomic mass is 15.0. The van der Waals surface area contributed by atoms with E-state index in [0.29, 0.717) is 0 Å². The fourth-order valence-electron chi connectivity index (χ4n) is 10.3. The van der Waals surface area contributed by atoms with E-state index in [9.17, 15) is 0 Å². The Morgan fingerprint density at radius 2 is 1.03 bits per heavy atom. The van der Waals surface area contributed by atoms with Crippen LogP contribution < -0.4 is 0 Å². The van der Waals surface area contributed by atoms with Gasteiger partial charge >= 0.3 is 0 Å². The van der Waals surface area contributed by atoms with Gasteiger partial charge in [0.2, 0.25) is 0 Å². The molecule has 4 aromatic heterocycles. The minimum Gasteiger partial charge on any atom is -0.309 e. The van der Waals surface area contributed by atoms with E-state index in [0.717, 1.165) is 50.7 Å². The average Bonchev–Trinajstić information content (AvgIpc) is 3.83. The molecule has 0 radical (unpaired) electrons. The molecule has 0 unspecified atom stereocenters. The molecule has 0 spiro atoms. The Morgan fingerprint density at radius 1 is 0.409 bits per heavy atom. The van der Waals surface area contributed by atoms with Crippen molar-refractivity contribution in [1.29, 1.82) is 0 Å². The minimum absolute atomic E-state index is 0.0883. The summed E-state index contributed by atoms with van der Waals surface area (Å²) in [6, 6.07) is 64.3. The van der Waals surface area contributed by atoms with Gasteiger partial charge < -0.3 is 9.13 Å². The highest BCUT2D eigenvalue weighted by molar-refractivity contribution is 6.11. The third-order valence-corrected chi connectivity index (χ3v) is 13.5. The molecule has 0 N–H and O–H groups in total. The molecule has 4 nitrogen and oxygen atoms in total. The average molecular weight is 855 g/mol. The van der Waals surface area contributed by atoms with Gasteiger partial charge in [0.1, 0.15) is 0 Å². The molecule has 4 heterocycles. The van der Waals surface area contributed by atoms with E-state index < -0.39 is 0 Å². The van der Waals surface area contributed by atoms with Gasteiger partial charge in [-0.2, -0.15) is 0 Å². The van der Waals surface area contributed by atoms with Gasteiger partial charge in [-0.3, -0.25) is 9.97 Å². The largest absolute Gasteiger partial charge is 0.309 e. The van der Waals surface area contributed by atoms with E-state index in [1.54, 1.807) is 0 Å². The van der Waals surface area contributed by atoms with Crippen molar-refractivity contribution < 1.29 is 0 Å². The van der Waals surface area contributed by atoms with Crippen molar-refractivity contribution in [3.63, 3.8) is 0 Å². The first-order valence-corrected chi connectivity index (χ1v) is 23.2. The number of nitrogens with zero attached hydrogens (tertiary/aromatic N) is 4. The second kappa shape index (κ2) is 15.6. The first-order chi connectivity index (χ1) is 31.8. The molecular weight excluding hydrogens is 801 g/mol. The van der Waals surface area contributed by atoms with Crippen molar-refractivity contribution in [3.8, 4) is 56.1 Å². The lowest BCUT2D eigenvalue weighted by Gasteiger charge is -2.26. The van der Waals surface area contributed by atoms with Gasteiger partial charge in [0.15, 0.2) is 0 Å². The summed E-state index contributed by atoms with van der Waals surface area (Å²) in [5.41, 5.74) is 20.3. The number of pyridine rings is 2. The molecule has 0 saturated heterocycles. The van der Waals surface area contributed by atoms with Crippen LogP contribution in [0.15, 0.2) is 182 Å².